The van der Waals surface area contributed by atoms with E-state index in [1.807, 2.05) is 20.8 Å². The third kappa shape index (κ3) is 4.03. The molecule has 1 heterocycles. The van der Waals surface area contributed by atoms with E-state index in [0.29, 0.717) is 5.00 Å². The fourth-order valence-electron chi connectivity index (χ4n) is 1.08. The summed E-state index contributed by atoms with van der Waals surface area (Å²) < 4.78 is 4.60. The van der Waals surface area contributed by atoms with Gasteiger partial charge in [0.2, 0.25) is 0 Å². The maximum Gasteiger partial charge on any atom is 0.359 e. The number of nitrogens with two attached hydrogens (primary N) is 1. The van der Waals surface area contributed by atoms with E-state index in [1.54, 1.807) is 5.51 Å². The number of aliphatic imine (C=N–C) groups is 1. The first-order valence-corrected chi connectivity index (χ1v) is 5.85. The SMILES string of the molecule is COC(=O)c1ncsc1NC(N)=NC(C)(C)C. The average molecular weight is 256 g/mol. The number of aromatic nitrogens is 1. The molecule has 6 nitrogen and oxygen atoms in total. The van der Waals surface area contributed by atoms with Crippen molar-refractivity contribution in [3.63, 3.8) is 0 Å². The number of rotatable bonds is 2. The second-order valence-corrected chi connectivity index (χ2v) is 5.17. The summed E-state index contributed by atoms with van der Waals surface area (Å²) >= 11 is 1.26. The third-order valence-corrected chi connectivity index (χ3v) is 2.39. The van der Waals surface area contributed by atoms with E-state index in [0.717, 1.165) is 0 Å². The molecule has 0 spiro atoms. The zero-order valence-corrected chi connectivity index (χ0v) is 11.1. The van der Waals surface area contributed by atoms with Crippen LogP contribution in [0.4, 0.5) is 5.00 Å². The molecule has 0 saturated carbocycles. The second kappa shape index (κ2) is 5.13. The highest BCUT2D eigenvalue weighted by atomic mass is 32.1. The van der Waals surface area contributed by atoms with Crippen LogP contribution in [0.1, 0.15) is 31.3 Å². The predicted octanol–water partition coefficient (Wildman–Crippen LogP) is 1.45. The van der Waals surface area contributed by atoms with E-state index in [2.05, 4.69) is 20.0 Å². The number of thiazole rings is 1. The molecule has 0 atom stereocenters. The van der Waals surface area contributed by atoms with E-state index < -0.39 is 5.97 Å². The van der Waals surface area contributed by atoms with E-state index >= 15 is 0 Å². The summed E-state index contributed by atoms with van der Waals surface area (Å²) in [7, 11) is 1.30. The first kappa shape index (κ1) is 13.4. The molecule has 0 aromatic carbocycles. The summed E-state index contributed by atoms with van der Waals surface area (Å²) in [6, 6.07) is 0. The highest BCUT2D eigenvalue weighted by molar-refractivity contribution is 7.14. The number of nitrogens with one attached hydrogen (secondary N) is 1. The van der Waals surface area contributed by atoms with Crippen LogP contribution in [0.3, 0.4) is 0 Å². The van der Waals surface area contributed by atoms with Crippen molar-refractivity contribution in [3.05, 3.63) is 11.2 Å². The summed E-state index contributed by atoms with van der Waals surface area (Å²) in [6.07, 6.45) is 0. The molecule has 0 radical (unpaired) electrons. The molecule has 3 N–H and O–H groups in total. The molecule has 1 aromatic rings. The highest BCUT2D eigenvalue weighted by Crippen LogP contribution is 2.20. The standard InChI is InChI=1S/C10H16N4O2S/c1-10(2,3)14-9(11)13-7-6(8(15)16-4)12-5-17-7/h5H,1-4H3,(H3,11,13,14). The van der Waals surface area contributed by atoms with Crippen molar-refractivity contribution in [1.29, 1.82) is 0 Å². The lowest BCUT2D eigenvalue weighted by molar-refractivity contribution is 0.0596. The Bertz CT molecular complexity index is 434. The number of carbonyl (C=O) groups is 1. The van der Waals surface area contributed by atoms with E-state index in [4.69, 9.17) is 5.73 Å². The third-order valence-electron chi connectivity index (χ3n) is 1.64. The van der Waals surface area contributed by atoms with Crippen molar-refractivity contribution >= 4 is 28.3 Å². The smallest absolute Gasteiger partial charge is 0.359 e. The van der Waals surface area contributed by atoms with Crippen molar-refractivity contribution in [2.24, 2.45) is 10.7 Å². The van der Waals surface area contributed by atoms with Crippen LogP contribution in [0.2, 0.25) is 0 Å². The minimum Gasteiger partial charge on any atom is -0.464 e. The van der Waals surface area contributed by atoms with E-state index in [-0.39, 0.29) is 17.2 Å². The van der Waals surface area contributed by atoms with Gasteiger partial charge in [-0.05, 0) is 20.8 Å². The lowest BCUT2D eigenvalue weighted by Crippen LogP contribution is -2.27. The number of carbonyl (C=O) groups excluding carboxylic acids is 1. The lowest BCUT2D eigenvalue weighted by atomic mass is 10.1. The first-order valence-electron chi connectivity index (χ1n) is 4.97. The topological polar surface area (TPSA) is 89.6 Å². The molecule has 0 fully saturated rings. The molecular weight excluding hydrogens is 240 g/mol. The van der Waals surface area contributed by atoms with Gasteiger partial charge in [-0.15, -0.1) is 11.3 Å². The summed E-state index contributed by atoms with van der Waals surface area (Å²) in [5, 5.41) is 3.38. The molecule has 17 heavy (non-hydrogen) atoms. The van der Waals surface area contributed by atoms with Gasteiger partial charge in [0.15, 0.2) is 11.7 Å². The Hall–Kier alpha value is -1.63. The van der Waals surface area contributed by atoms with E-state index in [9.17, 15) is 4.79 Å². The van der Waals surface area contributed by atoms with Gasteiger partial charge in [-0.3, -0.25) is 0 Å². The van der Waals surface area contributed by atoms with Gasteiger partial charge in [0.1, 0.15) is 5.00 Å². The highest BCUT2D eigenvalue weighted by Gasteiger charge is 2.16. The molecule has 0 aliphatic heterocycles. The normalized spacial score (nSPS) is 12.4. The maximum absolute atomic E-state index is 11.4. The number of hydrogen-bond donors (Lipinski definition) is 2. The van der Waals surface area contributed by atoms with Gasteiger partial charge in [0.05, 0.1) is 18.2 Å². The van der Waals surface area contributed by atoms with Gasteiger partial charge in [-0.1, -0.05) is 0 Å². The first-order chi connectivity index (χ1) is 7.83. The van der Waals surface area contributed by atoms with Crippen molar-refractivity contribution in [1.82, 2.24) is 4.98 Å². The molecule has 1 rings (SSSR count). The molecule has 94 valence electrons. The number of hydrogen-bond acceptors (Lipinski definition) is 5. The minimum atomic E-state index is -0.502. The van der Waals surface area contributed by atoms with Crippen molar-refractivity contribution < 1.29 is 9.53 Å². The Morgan fingerprint density at radius 2 is 2.24 bits per heavy atom. The Labute approximate surface area is 104 Å². The molecule has 0 saturated heterocycles. The Morgan fingerprint density at radius 1 is 1.59 bits per heavy atom. The number of ether oxygens (including phenoxy) is 1. The zero-order valence-electron chi connectivity index (χ0n) is 10.3. The second-order valence-electron chi connectivity index (χ2n) is 4.31. The molecular formula is C10H16N4O2S. The fraction of sp³-hybridized carbons (Fsp3) is 0.500. The number of guanidine groups is 1. The number of esters is 1. The van der Waals surface area contributed by atoms with Gasteiger partial charge in [-0.2, -0.15) is 0 Å². The summed E-state index contributed by atoms with van der Waals surface area (Å²) in [6.45, 7) is 5.78. The molecule has 0 aliphatic carbocycles. The van der Waals surface area contributed by atoms with Crippen molar-refractivity contribution in [2.45, 2.75) is 26.3 Å². The predicted molar refractivity (Wildman–Crippen MR) is 68.5 cm³/mol. The summed E-state index contributed by atoms with van der Waals surface area (Å²) in [5.41, 5.74) is 7.20. The average Bonchev–Trinajstić information content (AvgIpc) is 2.61. The van der Waals surface area contributed by atoms with Gasteiger partial charge < -0.3 is 15.8 Å². The van der Waals surface area contributed by atoms with Gasteiger partial charge in [0, 0.05) is 0 Å². The number of methoxy groups -OCH3 is 1. The molecule has 7 heteroatoms. The largest absolute Gasteiger partial charge is 0.464 e. The monoisotopic (exact) mass is 256 g/mol. The summed E-state index contributed by atoms with van der Waals surface area (Å²) in [4.78, 5) is 19.5. The van der Waals surface area contributed by atoms with Gasteiger partial charge >= 0.3 is 5.97 Å². The zero-order chi connectivity index (χ0) is 13.1. The lowest BCUT2D eigenvalue weighted by Gasteiger charge is -2.14. The molecule has 1 aromatic heterocycles. The number of anilines is 1. The van der Waals surface area contributed by atoms with Gasteiger partial charge in [0.25, 0.3) is 0 Å². The maximum atomic E-state index is 11.4. The Balaban J connectivity index is 2.86. The molecule has 0 amide bonds. The van der Waals surface area contributed by atoms with Crippen LogP contribution >= 0.6 is 11.3 Å². The Morgan fingerprint density at radius 3 is 2.76 bits per heavy atom. The van der Waals surface area contributed by atoms with Gasteiger partial charge in [-0.25, -0.2) is 14.8 Å². The summed E-state index contributed by atoms with van der Waals surface area (Å²) in [5.74, 6) is -0.260. The van der Waals surface area contributed by atoms with Crippen LogP contribution in [0.5, 0.6) is 0 Å². The van der Waals surface area contributed by atoms with Crippen LogP contribution < -0.4 is 11.1 Å². The quantitative estimate of drug-likeness (QED) is 0.475. The molecule has 0 bridgehead atoms. The minimum absolute atomic E-state index is 0.213. The molecule has 0 unspecified atom stereocenters. The van der Waals surface area contributed by atoms with Crippen molar-refractivity contribution in [2.75, 3.05) is 12.4 Å². The van der Waals surface area contributed by atoms with Crippen LogP contribution in [0.15, 0.2) is 10.5 Å². The van der Waals surface area contributed by atoms with Crippen LogP contribution in [-0.4, -0.2) is 29.6 Å². The van der Waals surface area contributed by atoms with Crippen molar-refractivity contribution in [3.8, 4) is 0 Å². The fourth-order valence-corrected chi connectivity index (χ4v) is 1.76. The van der Waals surface area contributed by atoms with Crippen LogP contribution in [0, 0.1) is 0 Å². The van der Waals surface area contributed by atoms with E-state index in [1.165, 1.54) is 18.4 Å². The Kier molecular flexibility index (Phi) is 4.06. The number of nitrogens with zero attached hydrogens (tertiary/aromatic N) is 2. The molecule has 0 aliphatic rings. The van der Waals surface area contributed by atoms with Crippen LogP contribution in [-0.2, 0) is 4.74 Å². The van der Waals surface area contributed by atoms with Crippen LogP contribution in [0.25, 0.3) is 0 Å².